The van der Waals surface area contributed by atoms with Crippen LogP contribution in [0, 0.1) is 13.8 Å². The Labute approximate surface area is 215 Å². The maximum Gasteiger partial charge on any atom is 0.337 e. The number of esters is 1. The van der Waals surface area contributed by atoms with Gasteiger partial charge in [0.1, 0.15) is 0 Å². The second-order valence-corrected chi connectivity index (χ2v) is 9.20. The zero-order valence-corrected chi connectivity index (χ0v) is 21.2. The van der Waals surface area contributed by atoms with Gasteiger partial charge in [-0.2, -0.15) is 0 Å². The molecule has 4 aromatic rings. The third kappa shape index (κ3) is 4.35. The highest BCUT2D eigenvalue weighted by atomic mass is 32.1. The molecule has 0 aliphatic carbocycles. The van der Waals surface area contributed by atoms with Gasteiger partial charge in [0.25, 0.3) is 0 Å². The molecule has 1 saturated heterocycles. The first-order valence-electron chi connectivity index (χ1n) is 11.7. The lowest BCUT2D eigenvalue weighted by Crippen LogP contribution is -2.29. The summed E-state index contributed by atoms with van der Waals surface area (Å²) in [5, 5.41) is 4.21. The Balaban J connectivity index is 1.61. The molecule has 4 heterocycles. The SMILES string of the molecule is COC(=O)c1cccc(-n2c(C)cc([C@@H]3[C@H](c4ccccn4)NC(=S)N3Cc3ccncc3)c2C)c1. The smallest absolute Gasteiger partial charge is 0.337 e. The van der Waals surface area contributed by atoms with Crippen molar-refractivity contribution in [2.75, 3.05) is 7.11 Å². The Kier molecular flexibility index (Phi) is 6.52. The zero-order valence-electron chi connectivity index (χ0n) is 20.4. The van der Waals surface area contributed by atoms with Crippen LogP contribution in [0.1, 0.15) is 50.7 Å². The van der Waals surface area contributed by atoms with Gasteiger partial charge in [0, 0.05) is 42.2 Å². The fourth-order valence-corrected chi connectivity index (χ4v) is 5.28. The van der Waals surface area contributed by atoms with Gasteiger partial charge < -0.3 is 19.5 Å². The van der Waals surface area contributed by atoms with Crippen molar-refractivity contribution in [3.63, 3.8) is 0 Å². The van der Waals surface area contributed by atoms with Crippen molar-refractivity contribution in [1.82, 2.24) is 24.8 Å². The van der Waals surface area contributed by atoms with Gasteiger partial charge in [-0.15, -0.1) is 0 Å². The number of nitrogens with zero attached hydrogens (tertiary/aromatic N) is 4. The van der Waals surface area contributed by atoms with Gasteiger partial charge >= 0.3 is 5.97 Å². The van der Waals surface area contributed by atoms with Gasteiger partial charge in [0.15, 0.2) is 5.11 Å². The van der Waals surface area contributed by atoms with Gasteiger partial charge in [0.2, 0.25) is 0 Å². The summed E-state index contributed by atoms with van der Waals surface area (Å²) in [6.45, 7) is 4.82. The number of hydrogen-bond donors (Lipinski definition) is 1. The van der Waals surface area contributed by atoms with Crippen LogP contribution in [0.4, 0.5) is 0 Å². The average Bonchev–Trinajstić information content (AvgIpc) is 3.39. The third-order valence-corrected chi connectivity index (χ3v) is 6.97. The molecule has 0 spiro atoms. The highest BCUT2D eigenvalue weighted by Gasteiger charge is 2.41. The normalized spacial score (nSPS) is 17.2. The van der Waals surface area contributed by atoms with E-state index in [1.54, 1.807) is 18.5 Å². The van der Waals surface area contributed by atoms with Crippen molar-refractivity contribution in [2.24, 2.45) is 0 Å². The number of ether oxygens (including phenoxy) is 1. The van der Waals surface area contributed by atoms with Crippen molar-refractivity contribution < 1.29 is 9.53 Å². The van der Waals surface area contributed by atoms with Crippen LogP contribution in [0.25, 0.3) is 5.69 Å². The van der Waals surface area contributed by atoms with Crippen molar-refractivity contribution in [3.8, 4) is 5.69 Å². The Morgan fingerprint density at radius 2 is 1.86 bits per heavy atom. The molecule has 0 radical (unpaired) electrons. The quantitative estimate of drug-likeness (QED) is 0.302. The molecule has 8 heteroatoms. The second-order valence-electron chi connectivity index (χ2n) is 8.81. The molecule has 0 amide bonds. The first-order chi connectivity index (χ1) is 17.5. The number of carbonyl (C=O) groups is 1. The number of pyridine rings is 2. The molecular weight excluding hydrogens is 470 g/mol. The largest absolute Gasteiger partial charge is 0.465 e. The molecule has 36 heavy (non-hydrogen) atoms. The van der Waals surface area contributed by atoms with E-state index in [2.05, 4.69) is 44.7 Å². The van der Waals surface area contributed by atoms with Crippen LogP contribution in [0.5, 0.6) is 0 Å². The van der Waals surface area contributed by atoms with Crippen LogP contribution < -0.4 is 5.32 Å². The average molecular weight is 498 g/mol. The number of methoxy groups -OCH3 is 1. The fraction of sp³-hybridized carbons (Fsp3) is 0.214. The summed E-state index contributed by atoms with van der Waals surface area (Å²) in [4.78, 5) is 23.2. The number of aryl methyl sites for hydroxylation is 1. The van der Waals surface area contributed by atoms with Gasteiger partial charge in [-0.3, -0.25) is 9.97 Å². The summed E-state index contributed by atoms with van der Waals surface area (Å²) in [6, 6.07) is 19.5. The lowest BCUT2D eigenvalue weighted by Gasteiger charge is -2.28. The zero-order chi connectivity index (χ0) is 25.2. The molecular formula is C28H27N5O2S. The molecule has 1 fully saturated rings. The van der Waals surface area contributed by atoms with Gasteiger partial charge in [-0.05, 0) is 85.7 Å². The molecule has 2 atom stereocenters. The molecule has 1 aromatic carbocycles. The maximum absolute atomic E-state index is 12.2. The molecule has 182 valence electrons. The number of carbonyl (C=O) groups excluding carboxylic acids is 1. The van der Waals surface area contributed by atoms with Crippen LogP contribution >= 0.6 is 12.2 Å². The van der Waals surface area contributed by atoms with Crippen molar-refractivity contribution in [3.05, 3.63) is 113 Å². The van der Waals surface area contributed by atoms with Crippen molar-refractivity contribution in [2.45, 2.75) is 32.5 Å². The highest BCUT2D eigenvalue weighted by molar-refractivity contribution is 7.80. The summed E-state index contributed by atoms with van der Waals surface area (Å²) in [5.74, 6) is -0.358. The van der Waals surface area contributed by atoms with E-state index in [9.17, 15) is 4.79 Å². The summed E-state index contributed by atoms with van der Waals surface area (Å²) >= 11 is 5.84. The number of thiocarbonyl (C=S) groups is 1. The number of aromatic nitrogens is 3. The lowest BCUT2D eigenvalue weighted by atomic mass is 9.96. The van der Waals surface area contributed by atoms with Crippen molar-refractivity contribution >= 4 is 23.3 Å². The monoisotopic (exact) mass is 497 g/mol. The van der Waals surface area contributed by atoms with E-state index in [1.165, 1.54) is 7.11 Å². The van der Waals surface area contributed by atoms with E-state index in [0.717, 1.165) is 33.9 Å². The molecule has 0 unspecified atom stereocenters. The number of rotatable bonds is 6. The Morgan fingerprint density at radius 1 is 1.06 bits per heavy atom. The van der Waals surface area contributed by atoms with E-state index in [4.69, 9.17) is 17.0 Å². The first kappa shape index (κ1) is 23.7. The lowest BCUT2D eigenvalue weighted by molar-refractivity contribution is 0.0600. The Morgan fingerprint density at radius 3 is 2.58 bits per heavy atom. The minimum Gasteiger partial charge on any atom is -0.465 e. The van der Waals surface area contributed by atoms with Crippen molar-refractivity contribution in [1.29, 1.82) is 0 Å². The molecule has 0 bridgehead atoms. The van der Waals surface area contributed by atoms with Gasteiger partial charge in [-0.1, -0.05) is 12.1 Å². The van der Waals surface area contributed by atoms with E-state index < -0.39 is 0 Å². The maximum atomic E-state index is 12.2. The van der Waals surface area contributed by atoms with Gasteiger partial charge in [-0.25, -0.2) is 4.79 Å². The van der Waals surface area contributed by atoms with E-state index in [0.29, 0.717) is 17.2 Å². The molecule has 3 aromatic heterocycles. The third-order valence-electron chi connectivity index (χ3n) is 6.61. The fourth-order valence-electron chi connectivity index (χ4n) is 4.97. The minimum absolute atomic E-state index is 0.0793. The van der Waals surface area contributed by atoms with E-state index >= 15 is 0 Å². The Bertz CT molecular complexity index is 1400. The molecule has 1 aliphatic rings. The Hall–Kier alpha value is -4.04. The highest BCUT2D eigenvalue weighted by Crippen LogP contribution is 2.42. The second kappa shape index (κ2) is 9.91. The molecule has 0 saturated carbocycles. The molecule has 1 N–H and O–H groups in total. The summed E-state index contributed by atoms with van der Waals surface area (Å²) < 4.78 is 7.10. The van der Waals surface area contributed by atoms with Crippen LogP contribution in [0.2, 0.25) is 0 Å². The van der Waals surface area contributed by atoms with Crippen LogP contribution in [-0.2, 0) is 11.3 Å². The van der Waals surface area contributed by atoms with E-state index in [1.807, 2.05) is 54.7 Å². The number of hydrogen-bond acceptors (Lipinski definition) is 5. The number of nitrogens with one attached hydrogen (secondary N) is 1. The van der Waals surface area contributed by atoms with E-state index in [-0.39, 0.29) is 18.1 Å². The molecule has 5 rings (SSSR count). The molecule has 1 aliphatic heterocycles. The minimum atomic E-state index is -0.358. The van der Waals surface area contributed by atoms with Crippen LogP contribution in [-0.4, -0.2) is 37.6 Å². The summed E-state index contributed by atoms with van der Waals surface area (Å²) in [6.07, 6.45) is 5.41. The molecule has 7 nitrogen and oxygen atoms in total. The predicted molar refractivity (Wildman–Crippen MR) is 142 cm³/mol. The summed E-state index contributed by atoms with van der Waals surface area (Å²) in [5.41, 5.74) is 6.76. The van der Waals surface area contributed by atoms with Crippen LogP contribution in [0.3, 0.4) is 0 Å². The predicted octanol–water partition coefficient (Wildman–Crippen LogP) is 4.84. The topological polar surface area (TPSA) is 72.3 Å². The first-order valence-corrected chi connectivity index (χ1v) is 12.1. The summed E-state index contributed by atoms with van der Waals surface area (Å²) in [7, 11) is 1.39. The van der Waals surface area contributed by atoms with Crippen LogP contribution in [0.15, 0.2) is 79.3 Å². The standard InChI is InChI=1S/C28H27N5O2S/c1-18-15-23(19(2)33(18)22-8-6-7-21(16-22)27(34)35-3)26-25(24-9-4-5-12-30-24)31-28(36)32(26)17-20-10-13-29-14-11-20/h4-16,25-26H,17H2,1-3H3,(H,31,36)/t25-,26+/m0/s1. The number of benzene rings is 1. The van der Waals surface area contributed by atoms with Gasteiger partial charge in [0.05, 0.1) is 30.5 Å².